The number of quaternary nitrogens is 1. The van der Waals surface area contributed by atoms with E-state index in [9.17, 15) is 31.5 Å². The molecular weight excluding hydrogens is 961 g/mol. The van der Waals surface area contributed by atoms with Crippen molar-refractivity contribution in [2.24, 2.45) is 16.0 Å². The lowest BCUT2D eigenvalue weighted by molar-refractivity contribution is -0.844. The maximum Gasteiger partial charge on any atom is 0.330 e. The first-order valence-corrected chi connectivity index (χ1v) is 26.9. The monoisotopic (exact) mass is 1010 g/mol. The van der Waals surface area contributed by atoms with Gasteiger partial charge in [-0.05, 0) is 104 Å². The highest BCUT2D eigenvalue weighted by molar-refractivity contribution is 7.91. The molecule has 1 atom stereocenters. The lowest BCUT2D eigenvalue weighted by Crippen LogP contribution is -2.56. The van der Waals surface area contributed by atoms with Crippen LogP contribution in [0.3, 0.4) is 0 Å². The third-order valence-corrected chi connectivity index (χ3v) is 20.0. The zero-order valence-electron chi connectivity index (χ0n) is 37.3. The highest BCUT2D eigenvalue weighted by atomic mass is 32.2. The topological polar surface area (TPSA) is 233 Å². The molecule has 0 radical (unpaired) electrons. The number of rotatable bonds is 14. The fourth-order valence-corrected chi connectivity index (χ4v) is 15.9. The molecule has 0 saturated carbocycles. The number of nitrogens with two attached hydrogens (primary N) is 1. The quantitative estimate of drug-likeness (QED) is 0.100. The molecule has 3 aliphatic heterocycles. The summed E-state index contributed by atoms with van der Waals surface area (Å²) in [4.78, 5) is 34.4. The maximum atomic E-state index is 14.9. The number of piperidine rings is 2. The normalized spacial score (nSPS) is 17.5. The average molecular weight is 1010 g/mol. The van der Waals surface area contributed by atoms with E-state index in [2.05, 4.69) is 25.5 Å². The third-order valence-electron chi connectivity index (χ3n) is 13.1. The number of thiophene rings is 2. The van der Waals surface area contributed by atoms with Crippen LogP contribution in [-0.4, -0.2) is 95.2 Å². The summed E-state index contributed by atoms with van der Waals surface area (Å²) in [5.74, 6) is -1.70. The van der Waals surface area contributed by atoms with Crippen molar-refractivity contribution >= 4 is 76.9 Å². The standard InChI is InChI=1S/C47H46N10O8S4/c1-65-33-9-7-8-31(25-33)47(60)55(28-34-12-13-43(67-34)68(61,62)54-18-15-32(16-19-54)56-41-11-4-3-10-39(41)51-53-56)42-24-30(23-38(44(42)58)45(48)59)22-35-26-36(29-66-35)69(63,64)57(20-5-2-6-21-57)46-37-14-17-49-27-40(37)50-52-46/h3-4,7-14,17,23-27,29,32,46H,2,5-6,15-16,18-22,28H2,1H3,(H2-,48,58,59)/p+1. The van der Waals surface area contributed by atoms with Crippen LogP contribution in [0, 0.1) is 0 Å². The lowest BCUT2D eigenvalue weighted by atomic mass is 10.0. The van der Waals surface area contributed by atoms with Gasteiger partial charge in [0, 0.05) is 46.4 Å². The Bertz CT molecular complexity index is 3370. The van der Waals surface area contributed by atoms with E-state index >= 15 is 0 Å². The van der Waals surface area contributed by atoms with Crippen LogP contribution >= 0.6 is 22.7 Å². The molecule has 0 spiro atoms. The Morgan fingerprint density at radius 3 is 2.52 bits per heavy atom. The minimum atomic E-state index is -4.04. The van der Waals surface area contributed by atoms with E-state index in [-0.39, 0.29) is 61.9 Å². The van der Waals surface area contributed by atoms with Gasteiger partial charge in [0.25, 0.3) is 21.8 Å². The Kier molecular flexibility index (Phi) is 12.4. The number of phenols is 1. The second-order valence-corrected chi connectivity index (χ2v) is 23.7. The first kappa shape index (κ1) is 46.3. The number of methoxy groups -OCH3 is 1. The van der Waals surface area contributed by atoms with Gasteiger partial charge in [-0.1, -0.05) is 23.4 Å². The van der Waals surface area contributed by atoms with Crippen molar-refractivity contribution in [2.75, 3.05) is 38.2 Å². The average Bonchev–Trinajstić information content (AvgIpc) is 4.21. The number of hydrogen-bond acceptors (Lipinski definition) is 15. The highest BCUT2D eigenvalue weighted by Crippen LogP contribution is 2.48. The summed E-state index contributed by atoms with van der Waals surface area (Å²) in [6.07, 6.45) is 5.94. The molecule has 0 bridgehead atoms. The summed E-state index contributed by atoms with van der Waals surface area (Å²) < 4.78 is 66.5. The van der Waals surface area contributed by atoms with Gasteiger partial charge in [-0.15, -0.1) is 38.0 Å². The van der Waals surface area contributed by atoms with Gasteiger partial charge in [0.2, 0.25) is 6.17 Å². The number of fused-ring (bicyclic) bond motifs is 2. The molecule has 3 aromatic carbocycles. The molecule has 356 valence electrons. The van der Waals surface area contributed by atoms with Crippen LogP contribution in [-0.2, 0) is 33.0 Å². The van der Waals surface area contributed by atoms with E-state index in [4.69, 9.17) is 10.5 Å². The number of primary amides is 1. The molecule has 7 aromatic rings. The first-order chi connectivity index (χ1) is 33.3. The minimum absolute atomic E-state index is 0.0260. The molecule has 2 saturated heterocycles. The zero-order valence-corrected chi connectivity index (χ0v) is 40.6. The Morgan fingerprint density at radius 1 is 0.942 bits per heavy atom. The number of carbonyl (C=O) groups is 2. The fourth-order valence-electron chi connectivity index (χ4n) is 9.59. The number of benzene rings is 3. The summed E-state index contributed by atoms with van der Waals surface area (Å²) in [7, 11) is -6.52. The molecule has 3 N–H and O–H groups in total. The molecule has 2 amide bonds. The van der Waals surface area contributed by atoms with Gasteiger partial charge in [0.15, 0.2) is 5.75 Å². The van der Waals surface area contributed by atoms with E-state index < -0.39 is 43.8 Å². The first-order valence-electron chi connectivity index (χ1n) is 22.3. The number of azo groups is 1. The van der Waals surface area contributed by atoms with Gasteiger partial charge in [-0.2, -0.15) is 16.6 Å². The number of anilines is 1. The number of ether oxygens (including phenoxy) is 1. The van der Waals surface area contributed by atoms with Gasteiger partial charge in [-0.3, -0.25) is 19.5 Å². The molecule has 7 heterocycles. The van der Waals surface area contributed by atoms with Gasteiger partial charge < -0.3 is 15.6 Å². The number of aromatic nitrogens is 4. The van der Waals surface area contributed by atoms with Crippen molar-refractivity contribution in [3.63, 3.8) is 0 Å². The molecular formula is C47H47N10O8S4+. The second-order valence-electron chi connectivity index (χ2n) is 17.3. The Labute approximate surface area is 406 Å². The molecule has 0 aliphatic carbocycles. The number of sulfonamides is 2. The smallest absolute Gasteiger partial charge is 0.330 e. The predicted molar refractivity (Wildman–Crippen MR) is 259 cm³/mol. The Hall–Kier alpha value is -6.43. The number of pyridine rings is 1. The molecule has 1 unspecified atom stereocenters. The van der Waals surface area contributed by atoms with Crippen molar-refractivity contribution in [1.29, 1.82) is 0 Å². The summed E-state index contributed by atoms with van der Waals surface area (Å²) in [5, 5.41) is 30.8. The summed E-state index contributed by atoms with van der Waals surface area (Å²) in [6.45, 7) is 1.05. The highest BCUT2D eigenvalue weighted by Gasteiger charge is 2.53. The zero-order chi connectivity index (χ0) is 48.1. The number of amides is 2. The SMILES string of the molecule is COc1cccc(C(=O)N(Cc2ccc(S(=O)(=O)N3CCC(n4nnc5ccccc54)CC3)s2)c2cc(Cc3cc(S(=O)(=O)[N+]4(C5N=Nc6cnccc65)CCCCC4)cs3)cc(C(N)=O)c2O)c1. The van der Waals surface area contributed by atoms with Gasteiger partial charge in [0.05, 0.1) is 61.3 Å². The maximum absolute atomic E-state index is 14.9. The van der Waals surface area contributed by atoms with Gasteiger partial charge >= 0.3 is 10.0 Å². The van der Waals surface area contributed by atoms with Crippen LogP contribution in [0.15, 0.2) is 122 Å². The molecule has 4 aromatic heterocycles. The van der Waals surface area contributed by atoms with Crippen LogP contribution in [0.1, 0.15) is 85.9 Å². The van der Waals surface area contributed by atoms with Crippen LogP contribution in [0.5, 0.6) is 11.5 Å². The van der Waals surface area contributed by atoms with Crippen molar-refractivity contribution in [3.8, 4) is 11.5 Å². The number of likely N-dealkylation sites (tertiary alicyclic amines) is 1. The molecule has 10 rings (SSSR count). The van der Waals surface area contributed by atoms with E-state index in [0.29, 0.717) is 71.1 Å². The largest absolute Gasteiger partial charge is 0.505 e. The van der Waals surface area contributed by atoms with Crippen LogP contribution < -0.4 is 15.4 Å². The number of hydrogen-bond donors (Lipinski definition) is 2. The van der Waals surface area contributed by atoms with E-state index in [1.807, 2.05) is 28.9 Å². The molecule has 2 fully saturated rings. The van der Waals surface area contributed by atoms with Crippen LogP contribution in [0.4, 0.5) is 11.4 Å². The van der Waals surface area contributed by atoms with Gasteiger partial charge in [-0.25, -0.2) is 13.1 Å². The predicted octanol–water partition coefficient (Wildman–Crippen LogP) is 7.71. The van der Waals surface area contributed by atoms with Crippen LogP contribution in [0.25, 0.3) is 11.0 Å². The van der Waals surface area contributed by atoms with Crippen molar-refractivity contribution < 1.29 is 40.2 Å². The Morgan fingerprint density at radius 2 is 1.74 bits per heavy atom. The second kappa shape index (κ2) is 18.5. The molecule has 18 nitrogen and oxygen atoms in total. The number of aromatic hydroxyl groups is 1. The van der Waals surface area contributed by atoms with Gasteiger partial charge in [0.1, 0.15) is 26.1 Å². The number of para-hydroxylation sites is 1. The summed E-state index contributed by atoms with van der Waals surface area (Å²) >= 11 is 2.23. The summed E-state index contributed by atoms with van der Waals surface area (Å²) in [6, 6.07) is 23.6. The molecule has 22 heteroatoms. The van der Waals surface area contributed by atoms with Crippen molar-refractivity contribution in [1.82, 2.24) is 24.3 Å². The van der Waals surface area contributed by atoms with Crippen LogP contribution in [0.2, 0.25) is 0 Å². The van der Waals surface area contributed by atoms with Crippen molar-refractivity contribution in [3.05, 3.63) is 135 Å². The van der Waals surface area contributed by atoms with Crippen molar-refractivity contribution in [2.45, 2.75) is 66.4 Å². The summed E-state index contributed by atoms with van der Waals surface area (Å²) in [5.41, 5.74) is 9.11. The lowest BCUT2D eigenvalue weighted by Gasteiger charge is -2.41. The van der Waals surface area contributed by atoms with E-state index in [0.717, 1.165) is 28.8 Å². The molecule has 69 heavy (non-hydrogen) atoms. The Balaban J connectivity index is 0.947. The van der Waals surface area contributed by atoms with E-state index in [1.165, 1.54) is 45.9 Å². The number of nitrogens with zero attached hydrogens (tertiary/aromatic N) is 9. The minimum Gasteiger partial charge on any atom is -0.505 e. The molecule has 3 aliphatic rings. The number of carbonyl (C=O) groups excluding carboxylic acids is 2. The van der Waals surface area contributed by atoms with E-state index in [1.54, 1.807) is 60.2 Å². The fraction of sp³-hybridized carbons (Fsp3) is 0.298. The third kappa shape index (κ3) is 8.47.